The predicted octanol–water partition coefficient (Wildman–Crippen LogP) is 1.71. The molecule has 0 aliphatic heterocycles. The molecule has 8 heteroatoms. The average Bonchev–Trinajstić information content (AvgIpc) is 2.68. The smallest absolute Gasteiger partial charge is 0.263 e. The van der Waals surface area contributed by atoms with Crippen molar-refractivity contribution < 1.29 is 12.9 Å². The van der Waals surface area contributed by atoms with Crippen LogP contribution in [0.3, 0.4) is 0 Å². The predicted molar refractivity (Wildman–Crippen MR) is 63.2 cm³/mol. The van der Waals surface area contributed by atoms with Gasteiger partial charge in [0.05, 0.1) is 11.2 Å². The first-order valence-corrected chi connectivity index (χ1v) is 6.32. The molecule has 0 spiro atoms. The standard InChI is InChI=1S/C9H8ClN3O3S/c10-8-3-6(11)1-2-9(8)17(14,15)13-7-4-12-16-5-7/h1-5,13H,11H2. The summed E-state index contributed by atoms with van der Waals surface area (Å²) >= 11 is 5.82. The summed E-state index contributed by atoms with van der Waals surface area (Å²) in [4.78, 5) is -0.0606. The third-order valence-electron chi connectivity index (χ3n) is 1.93. The second-order valence-electron chi connectivity index (χ2n) is 3.21. The Bertz CT molecular complexity index is 625. The molecule has 0 aliphatic rings. The van der Waals surface area contributed by atoms with Crippen LogP contribution >= 0.6 is 11.6 Å². The van der Waals surface area contributed by atoms with Gasteiger partial charge in [0.15, 0.2) is 0 Å². The van der Waals surface area contributed by atoms with Gasteiger partial charge in [-0.3, -0.25) is 4.72 Å². The third-order valence-corrected chi connectivity index (χ3v) is 3.79. The molecule has 17 heavy (non-hydrogen) atoms. The Morgan fingerprint density at radius 1 is 1.41 bits per heavy atom. The van der Waals surface area contributed by atoms with E-state index in [1.165, 1.54) is 30.7 Å². The maximum Gasteiger partial charge on any atom is 0.263 e. The summed E-state index contributed by atoms with van der Waals surface area (Å²) in [5.41, 5.74) is 6.09. The summed E-state index contributed by atoms with van der Waals surface area (Å²) in [7, 11) is -3.77. The van der Waals surface area contributed by atoms with Gasteiger partial charge in [0.25, 0.3) is 10.0 Å². The second-order valence-corrected chi connectivity index (χ2v) is 5.27. The first-order chi connectivity index (χ1) is 7.99. The quantitative estimate of drug-likeness (QED) is 0.830. The SMILES string of the molecule is Nc1ccc(S(=O)(=O)Nc2cnoc2)c(Cl)c1. The first-order valence-electron chi connectivity index (χ1n) is 4.46. The summed E-state index contributed by atoms with van der Waals surface area (Å²) in [6.45, 7) is 0. The van der Waals surface area contributed by atoms with Gasteiger partial charge in [0.1, 0.15) is 16.8 Å². The van der Waals surface area contributed by atoms with Crippen molar-refractivity contribution in [2.75, 3.05) is 10.5 Å². The Kier molecular flexibility index (Phi) is 2.95. The van der Waals surface area contributed by atoms with Gasteiger partial charge in [-0.25, -0.2) is 8.42 Å². The second kappa shape index (κ2) is 4.27. The van der Waals surface area contributed by atoms with E-state index in [1.807, 2.05) is 0 Å². The van der Waals surface area contributed by atoms with Crippen LogP contribution in [0.1, 0.15) is 0 Å². The lowest BCUT2D eigenvalue weighted by molar-refractivity contribution is 0.420. The summed E-state index contributed by atoms with van der Waals surface area (Å²) in [6, 6.07) is 4.14. The Morgan fingerprint density at radius 3 is 2.76 bits per heavy atom. The minimum absolute atomic E-state index is 0.0500. The van der Waals surface area contributed by atoms with Gasteiger partial charge < -0.3 is 10.3 Å². The average molecular weight is 274 g/mol. The van der Waals surface area contributed by atoms with Crippen LogP contribution in [0.5, 0.6) is 0 Å². The van der Waals surface area contributed by atoms with Gasteiger partial charge in [-0.15, -0.1) is 0 Å². The summed E-state index contributed by atoms with van der Waals surface area (Å²) < 4.78 is 30.6. The fourth-order valence-electron chi connectivity index (χ4n) is 1.20. The van der Waals surface area contributed by atoms with Crippen LogP contribution < -0.4 is 10.5 Å². The van der Waals surface area contributed by atoms with E-state index in [9.17, 15) is 8.42 Å². The molecule has 6 nitrogen and oxygen atoms in total. The highest BCUT2D eigenvalue weighted by molar-refractivity contribution is 7.92. The van der Waals surface area contributed by atoms with Crippen LogP contribution in [-0.2, 0) is 10.0 Å². The summed E-state index contributed by atoms with van der Waals surface area (Å²) in [6.07, 6.45) is 2.41. The number of nitrogen functional groups attached to an aromatic ring is 1. The molecule has 0 unspecified atom stereocenters. The zero-order chi connectivity index (χ0) is 12.5. The molecule has 0 saturated heterocycles. The minimum atomic E-state index is -3.77. The van der Waals surface area contributed by atoms with Crippen molar-refractivity contribution in [2.24, 2.45) is 0 Å². The fourth-order valence-corrected chi connectivity index (χ4v) is 2.78. The number of nitrogens with two attached hydrogens (primary N) is 1. The van der Waals surface area contributed by atoms with E-state index in [4.69, 9.17) is 17.3 Å². The van der Waals surface area contributed by atoms with Gasteiger partial charge >= 0.3 is 0 Å². The van der Waals surface area contributed by atoms with Gasteiger partial charge in [-0.05, 0) is 18.2 Å². The monoisotopic (exact) mass is 273 g/mol. The van der Waals surface area contributed by atoms with Gasteiger partial charge in [0, 0.05) is 5.69 Å². The van der Waals surface area contributed by atoms with Crippen molar-refractivity contribution in [2.45, 2.75) is 4.90 Å². The molecule has 0 atom stereocenters. The lowest BCUT2D eigenvalue weighted by Crippen LogP contribution is -2.13. The molecular weight excluding hydrogens is 266 g/mol. The number of sulfonamides is 1. The van der Waals surface area contributed by atoms with Gasteiger partial charge in [0.2, 0.25) is 0 Å². The number of halogens is 1. The van der Waals surface area contributed by atoms with Crippen molar-refractivity contribution in [1.82, 2.24) is 5.16 Å². The topological polar surface area (TPSA) is 98.2 Å². The van der Waals surface area contributed by atoms with Crippen LogP contribution in [0.4, 0.5) is 11.4 Å². The normalized spacial score (nSPS) is 11.4. The summed E-state index contributed by atoms with van der Waals surface area (Å²) in [5, 5.41) is 3.43. The number of nitrogens with one attached hydrogen (secondary N) is 1. The van der Waals surface area contributed by atoms with E-state index in [2.05, 4.69) is 14.4 Å². The molecule has 3 N–H and O–H groups in total. The maximum atomic E-state index is 11.9. The minimum Gasteiger partial charge on any atom is -0.399 e. The zero-order valence-corrected chi connectivity index (χ0v) is 9.99. The van der Waals surface area contributed by atoms with E-state index >= 15 is 0 Å². The molecular formula is C9H8ClN3O3S. The molecule has 0 aliphatic carbocycles. The van der Waals surface area contributed by atoms with E-state index in [0.29, 0.717) is 5.69 Å². The van der Waals surface area contributed by atoms with Crippen molar-refractivity contribution in [1.29, 1.82) is 0 Å². The lowest BCUT2D eigenvalue weighted by atomic mass is 10.3. The highest BCUT2D eigenvalue weighted by Crippen LogP contribution is 2.25. The Labute approximate surface area is 102 Å². The molecule has 2 rings (SSSR count). The zero-order valence-electron chi connectivity index (χ0n) is 8.42. The third kappa shape index (κ3) is 2.51. The van der Waals surface area contributed by atoms with E-state index < -0.39 is 10.0 Å². The van der Waals surface area contributed by atoms with E-state index in [0.717, 1.165) is 0 Å². The first kappa shape index (κ1) is 11.7. The Hall–Kier alpha value is -1.73. The fraction of sp³-hybridized carbons (Fsp3) is 0. The van der Waals surface area contributed by atoms with Gasteiger partial charge in [-0.1, -0.05) is 16.8 Å². The molecule has 0 amide bonds. The molecule has 90 valence electrons. The number of benzene rings is 1. The van der Waals surface area contributed by atoms with Crippen molar-refractivity contribution >= 4 is 33.0 Å². The van der Waals surface area contributed by atoms with Crippen LogP contribution in [0.2, 0.25) is 5.02 Å². The summed E-state index contributed by atoms with van der Waals surface area (Å²) in [5.74, 6) is 0. The van der Waals surface area contributed by atoms with Crippen LogP contribution in [0.15, 0.2) is 40.1 Å². The molecule has 0 bridgehead atoms. The maximum absolute atomic E-state index is 11.9. The highest BCUT2D eigenvalue weighted by Gasteiger charge is 2.18. The van der Waals surface area contributed by atoms with Crippen molar-refractivity contribution in [3.63, 3.8) is 0 Å². The largest absolute Gasteiger partial charge is 0.399 e. The molecule has 2 aromatic rings. The van der Waals surface area contributed by atoms with E-state index in [-0.39, 0.29) is 15.6 Å². The Morgan fingerprint density at radius 2 is 2.18 bits per heavy atom. The number of rotatable bonds is 3. The molecule has 0 saturated carbocycles. The van der Waals surface area contributed by atoms with Crippen LogP contribution in [0, 0.1) is 0 Å². The van der Waals surface area contributed by atoms with Gasteiger partial charge in [-0.2, -0.15) is 0 Å². The van der Waals surface area contributed by atoms with Crippen molar-refractivity contribution in [3.8, 4) is 0 Å². The number of aromatic nitrogens is 1. The van der Waals surface area contributed by atoms with E-state index in [1.54, 1.807) is 0 Å². The number of hydrogen-bond acceptors (Lipinski definition) is 5. The number of nitrogens with zero attached hydrogens (tertiary/aromatic N) is 1. The molecule has 1 aromatic heterocycles. The highest BCUT2D eigenvalue weighted by atomic mass is 35.5. The Balaban J connectivity index is 2.38. The van der Waals surface area contributed by atoms with Crippen LogP contribution in [-0.4, -0.2) is 13.6 Å². The molecule has 0 radical (unpaired) electrons. The van der Waals surface area contributed by atoms with Crippen molar-refractivity contribution in [3.05, 3.63) is 35.7 Å². The van der Waals surface area contributed by atoms with Crippen LogP contribution in [0.25, 0.3) is 0 Å². The number of anilines is 2. The number of hydrogen-bond donors (Lipinski definition) is 2. The lowest BCUT2D eigenvalue weighted by Gasteiger charge is -2.07. The molecule has 1 heterocycles. The molecule has 1 aromatic carbocycles. The molecule has 0 fully saturated rings.